The number of hydrogen-bond acceptors (Lipinski definition) is 2. The topological polar surface area (TPSA) is 22.1 Å². The lowest BCUT2D eigenvalue weighted by Gasteiger charge is -2.17. The summed E-state index contributed by atoms with van der Waals surface area (Å²) in [7, 11) is -1.48. The van der Waals surface area contributed by atoms with Crippen LogP contribution in [0.1, 0.15) is 5.69 Å². The lowest BCUT2D eigenvalue weighted by atomic mass is 10.4. The normalized spacial score (nSPS) is 11.3. The molecule has 0 spiro atoms. The zero-order valence-electron chi connectivity index (χ0n) is 8.09. The monoisotopic (exact) mass is 181 g/mol. The molecule has 2 nitrogen and oxygen atoms in total. The largest absolute Gasteiger partial charge is 0.531 e. The van der Waals surface area contributed by atoms with E-state index in [0.29, 0.717) is 0 Å². The fourth-order valence-electron chi connectivity index (χ4n) is 0.889. The van der Waals surface area contributed by atoms with E-state index in [2.05, 4.69) is 24.6 Å². The lowest BCUT2D eigenvalue weighted by molar-refractivity contribution is 0.532. The minimum atomic E-state index is -1.48. The van der Waals surface area contributed by atoms with Crippen molar-refractivity contribution < 1.29 is 4.43 Å². The van der Waals surface area contributed by atoms with Crippen molar-refractivity contribution >= 4 is 8.32 Å². The van der Waals surface area contributed by atoms with Gasteiger partial charge in [0.2, 0.25) is 8.32 Å². The summed E-state index contributed by atoms with van der Waals surface area (Å²) in [6.07, 6.45) is 0. The van der Waals surface area contributed by atoms with Gasteiger partial charge in [0.15, 0.2) is 5.88 Å². The van der Waals surface area contributed by atoms with Gasteiger partial charge >= 0.3 is 0 Å². The Kier molecular flexibility index (Phi) is 2.52. The summed E-state index contributed by atoms with van der Waals surface area (Å²) < 4.78 is 5.71. The molecule has 0 aromatic carbocycles. The van der Waals surface area contributed by atoms with Gasteiger partial charge in [-0.25, -0.2) is 4.98 Å². The first-order chi connectivity index (χ1) is 5.47. The van der Waals surface area contributed by atoms with Crippen LogP contribution in [0.3, 0.4) is 0 Å². The van der Waals surface area contributed by atoms with Gasteiger partial charge in [-0.3, -0.25) is 0 Å². The van der Waals surface area contributed by atoms with Gasteiger partial charge in [0, 0.05) is 5.69 Å². The predicted molar refractivity (Wildman–Crippen MR) is 52.9 cm³/mol. The molecular formula is C9H15NOSi. The van der Waals surface area contributed by atoms with Crippen molar-refractivity contribution in [1.82, 2.24) is 4.98 Å². The maximum atomic E-state index is 5.71. The molecule has 1 rings (SSSR count). The zero-order chi connectivity index (χ0) is 9.19. The summed E-state index contributed by atoms with van der Waals surface area (Å²) in [5, 5.41) is 0. The van der Waals surface area contributed by atoms with Crippen LogP contribution in [0.25, 0.3) is 0 Å². The third-order valence-corrected chi connectivity index (χ3v) is 2.10. The highest BCUT2D eigenvalue weighted by molar-refractivity contribution is 6.70. The van der Waals surface area contributed by atoms with Crippen LogP contribution in [0.4, 0.5) is 0 Å². The summed E-state index contributed by atoms with van der Waals surface area (Å²) in [6.45, 7) is 8.42. The molecule has 1 heterocycles. The minimum absolute atomic E-state index is 0.758. The van der Waals surface area contributed by atoms with Crippen molar-refractivity contribution in [2.45, 2.75) is 26.6 Å². The molecule has 3 heteroatoms. The quantitative estimate of drug-likeness (QED) is 0.654. The average molecular weight is 181 g/mol. The summed E-state index contributed by atoms with van der Waals surface area (Å²) in [5.74, 6) is 0.758. The number of aryl methyl sites for hydroxylation is 1. The summed E-state index contributed by atoms with van der Waals surface area (Å²) in [5.41, 5.74) is 1.01. The van der Waals surface area contributed by atoms with Crippen molar-refractivity contribution in [1.29, 1.82) is 0 Å². The predicted octanol–water partition coefficient (Wildman–Crippen LogP) is 2.60. The molecule has 0 saturated heterocycles. The van der Waals surface area contributed by atoms with Crippen LogP contribution in [-0.2, 0) is 0 Å². The van der Waals surface area contributed by atoms with Gasteiger partial charge in [0.05, 0.1) is 0 Å². The van der Waals surface area contributed by atoms with Crippen molar-refractivity contribution in [3.05, 3.63) is 23.9 Å². The summed E-state index contributed by atoms with van der Waals surface area (Å²) in [6, 6.07) is 5.85. The lowest BCUT2D eigenvalue weighted by Crippen LogP contribution is -2.29. The second-order valence-corrected chi connectivity index (χ2v) is 8.26. The Bertz CT molecular complexity index is 267. The van der Waals surface area contributed by atoms with Crippen molar-refractivity contribution in [3.63, 3.8) is 0 Å². The number of pyridine rings is 1. The molecule has 66 valence electrons. The average Bonchev–Trinajstić information content (AvgIpc) is 1.82. The second kappa shape index (κ2) is 3.27. The second-order valence-electron chi connectivity index (χ2n) is 3.83. The van der Waals surface area contributed by atoms with Gasteiger partial charge in [-0.05, 0) is 38.7 Å². The summed E-state index contributed by atoms with van der Waals surface area (Å²) >= 11 is 0. The molecule has 0 saturated carbocycles. The molecule has 0 aliphatic heterocycles. The van der Waals surface area contributed by atoms with Crippen LogP contribution in [0.15, 0.2) is 18.2 Å². The van der Waals surface area contributed by atoms with E-state index in [1.165, 1.54) is 0 Å². The van der Waals surface area contributed by atoms with Gasteiger partial charge in [0.1, 0.15) is 0 Å². The van der Waals surface area contributed by atoms with E-state index in [1.807, 2.05) is 25.1 Å². The third kappa shape index (κ3) is 3.05. The van der Waals surface area contributed by atoms with E-state index in [4.69, 9.17) is 4.43 Å². The molecule has 1 aromatic heterocycles. The Morgan fingerprint density at radius 1 is 1.25 bits per heavy atom. The van der Waals surface area contributed by atoms with E-state index >= 15 is 0 Å². The van der Waals surface area contributed by atoms with E-state index in [1.54, 1.807) is 0 Å². The maximum Gasteiger partial charge on any atom is 0.244 e. The van der Waals surface area contributed by atoms with E-state index in [9.17, 15) is 0 Å². The Labute approximate surface area is 74.7 Å². The van der Waals surface area contributed by atoms with Gasteiger partial charge < -0.3 is 4.43 Å². The molecule has 0 aliphatic rings. The SMILES string of the molecule is Cc1cccc(O[Si](C)(C)C)n1. The number of hydrogen-bond donors (Lipinski definition) is 0. The fourth-order valence-corrected chi connectivity index (χ4v) is 1.63. The van der Waals surface area contributed by atoms with Gasteiger partial charge in [0.25, 0.3) is 0 Å². The molecular weight excluding hydrogens is 166 g/mol. The number of aromatic nitrogens is 1. The van der Waals surface area contributed by atoms with Crippen LogP contribution in [0.2, 0.25) is 19.6 Å². The molecule has 0 unspecified atom stereocenters. The maximum absolute atomic E-state index is 5.71. The van der Waals surface area contributed by atoms with Gasteiger partial charge in [-0.1, -0.05) is 6.07 Å². The smallest absolute Gasteiger partial charge is 0.244 e. The van der Waals surface area contributed by atoms with Crippen LogP contribution in [0, 0.1) is 6.92 Å². The molecule has 0 atom stereocenters. The minimum Gasteiger partial charge on any atom is -0.531 e. The Morgan fingerprint density at radius 3 is 2.42 bits per heavy atom. The molecule has 0 fully saturated rings. The van der Waals surface area contributed by atoms with E-state index in [0.717, 1.165) is 11.6 Å². The molecule has 0 amide bonds. The van der Waals surface area contributed by atoms with Crippen LogP contribution >= 0.6 is 0 Å². The Morgan fingerprint density at radius 2 is 1.92 bits per heavy atom. The standard InChI is InChI=1S/C9H15NOSi/c1-8-6-5-7-9(10-8)11-12(2,3)4/h5-7H,1-4H3. The highest BCUT2D eigenvalue weighted by Gasteiger charge is 2.16. The van der Waals surface area contributed by atoms with E-state index in [-0.39, 0.29) is 0 Å². The van der Waals surface area contributed by atoms with Crippen molar-refractivity contribution in [2.24, 2.45) is 0 Å². The van der Waals surface area contributed by atoms with E-state index < -0.39 is 8.32 Å². The third-order valence-electron chi connectivity index (χ3n) is 1.27. The number of rotatable bonds is 2. The molecule has 1 aromatic rings. The first-order valence-corrected chi connectivity index (χ1v) is 7.51. The molecule has 0 N–H and O–H groups in total. The Balaban J connectivity index is 2.77. The first kappa shape index (κ1) is 9.26. The Hall–Kier alpha value is -0.833. The summed E-state index contributed by atoms with van der Waals surface area (Å²) in [4.78, 5) is 4.27. The fraction of sp³-hybridized carbons (Fsp3) is 0.444. The van der Waals surface area contributed by atoms with Crippen LogP contribution in [0.5, 0.6) is 5.88 Å². The number of nitrogens with zero attached hydrogens (tertiary/aromatic N) is 1. The van der Waals surface area contributed by atoms with Crippen LogP contribution in [-0.4, -0.2) is 13.3 Å². The highest BCUT2D eigenvalue weighted by atomic mass is 28.4. The molecule has 0 bridgehead atoms. The van der Waals surface area contributed by atoms with Gasteiger partial charge in [-0.2, -0.15) is 0 Å². The van der Waals surface area contributed by atoms with Gasteiger partial charge in [-0.15, -0.1) is 0 Å². The van der Waals surface area contributed by atoms with Crippen molar-refractivity contribution in [2.75, 3.05) is 0 Å². The molecule has 12 heavy (non-hydrogen) atoms. The first-order valence-electron chi connectivity index (χ1n) is 4.10. The molecule has 0 radical (unpaired) electrons. The highest BCUT2D eigenvalue weighted by Crippen LogP contribution is 2.12. The van der Waals surface area contributed by atoms with Crippen LogP contribution < -0.4 is 4.43 Å². The zero-order valence-corrected chi connectivity index (χ0v) is 9.09. The van der Waals surface area contributed by atoms with Crippen molar-refractivity contribution in [3.8, 4) is 5.88 Å². The molecule has 0 aliphatic carbocycles.